The summed E-state index contributed by atoms with van der Waals surface area (Å²) in [6, 6.07) is 6.98. The zero-order valence-corrected chi connectivity index (χ0v) is 16.2. The fraction of sp³-hybridized carbons (Fsp3) is 0.263. The van der Waals surface area contributed by atoms with Crippen LogP contribution in [0.5, 0.6) is 5.75 Å². The number of amides is 1. The van der Waals surface area contributed by atoms with E-state index in [1.54, 1.807) is 19.9 Å². The Balaban J connectivity index is 2.15. The Kier molecular flexibility index (Phi) is 7.05. The van der Waals surface area contributed by atoms with Crippen LogP contribution in [0, 0.1) is 11.7 Å². The van der Waals surface area contributed by atoms with Crippen molar-refractivity contribution in [2.24, 2.45) is 5.92 Å². The maximum Gasteiger partial charge on any atom is 0.307 e. The Labute approximate surface area is 166 Å². The number of halogens is 3. The number of ether oxygens (including phenoxy) is 1. The van der Waals surface area contributed by atoms with Gasteiger partial charge in [-0.1, -0.05) is 37.0 Å². The summed E-state index contributed by atoms with van der Waals surface area (Å²) in [7, 11) is 0. The molecule has 0 aliphatic carbocycles. The van der Waals surface area contributed by atoms with Crippen molar-refractivity contribution in [3.63, 3.8) is 0 Å². The molecule has 0 bridgehead atoms. The Bertz CT molecular complexity index is 848. The summed E-state index contributed by atoms with van der Waals surface area (Å²) in [5.74, 6) is -1.83. The minimum atomic E-state index is -1.01. The molecule has 0 aliphatic rings. The molecule has 2 N–H and O–H groups in total. The van der Waals surface area contributed by atoms with Crippen LogP contribution in [-0.4, -0.2) is 17.0 Å². The molecule has 0 aromatic heterocycles. The van der Waals surface area contributed by atoms with Crippen molar-refractivity contribution in [3.05, 3.63) is 57.3 Å². The number of carbonyl (C=O) groups excluding carboxylic acids is 1. The lowest BCUT2D eigenvalue weighted by Gasteiger charge is -2.13. The van der Waals surface area contributed by atoms with Gasteiger partial charge in [0.1, 0.15) is 12.4 Å². The normalized spacial score (nSPS) is 10.7. The minimum Gasteiger partial charge on any atom is -0.486 e. The molecule has 0 heterocycles. The SMILES string of the molecule is CC(C)C(=O)Nc1cc(F)cc(COc2c(Cl)cc(CC(=O)O)cc2Cl)c1. The summed E-state index contributed by atoms with van der Waals surface area (Å²) >= 11 is 12.2. The third kappa shape index (κ3) is 6.12. The highest BCUT2D eigenvalue weighted by Gasteiger charge is 2.13. The van der Waals surface area contributed by atoms with E-state index in [-0.39, 0.29) is 40.6 Å². The number of aliphatic carboxylic acids is 1. The van der Waals surface area contributed by atoms with Gasteiger partial charge in [0.15, 0.2) is 5.75 Å². The number of rotatable bonds is 7. The van der Waals surface area contributed by atoms with Crippen LogP contribution >= 0.6 is 23.2 Å². The van der Waals surface area contributed by atoms with Gasteiger partial charge in [0.25, 0.3) is 0 Å². The molecule has 0 fully saturated rings. The van der Waals surface area contributed by atoms with E-state index in [0.717, 1.165) is 0 Å². The third-order valence-corrected chi connectivity index (χ3v) is 4.11. The van der Waals surface area contributed by atoms with Crippen molar-refractivity contribution >= 4 is 40.8 Å². The largest absolute Gasteiger partial charge is 0.486 e. The van der Waals surface area contributed by atoms with Gasteiger partial charge in [-0.15, -0.1) is 0 Å². The maximum atomic E-state index is 13.8. The molecule has 2 aromatic rings. The molecule has 27 heavy (non-hydrogen) atoms. The van der Waals surface area contributed by atoms with E-state index in [9.17, 15) is 14.0 Å². The van der Waals surface area contributed by atoms with Crippen LogP contribution in [0.4, 0.5) is 10.1 Å². The van der Waals surface area contributed by atoms with Crippen molar-refractivity contribution in [2.75, 3.05) is 5.32 Å². The van der Waals surface area contributed by atoms with Gasteiger partial charge in [0.2, 0.25) is 5.91 Å². The molecule has 5 nitrogen and oxygen atoms in total. The number of carboxylic acid groups (broad SMARTS) is 1. The monoisotopic (exact) mass is 413 g/mol. The smallest absolute Gasteiger partial charge is 0.307 e. The van der Waals surface area contributed by atoms with E-state index in [2.05, 4.69) is 5.32 Å². The standard InChI is InChI=1S/C19H18Cl2FNO4/c1-10(2)19(26)23-14-4-12(3-13(22)8-14)9-27-18-15(20)5-11(6-16(18)21)7-17(24)25/h3-6,8,10H,7,9H2,1-2H3,(H,23,26)(H,24,25). The van der Waals surface area contributed by atoms with E-state index in [0.29, 0.717) is 16.8 Å². The molecule has 0 radical (unpaired) electrons. The predicted molar refractivity (Wildman–Crippen MR) is 102 cm³/mol. The van der Waals surface area contributed by atoms with Gasteiger partial charge < -0.3 is 15.2 Å². The summed E-state index contributed by atoms with van der Waals surface area (Å²) in [4.78, 5) is 22.6. The Hall–Kier alpha value is -2.31. The van der Waals surface area contributed by atoms with Gasteiger partial charge in [-0.2, -0.15) is 0 Å². The van der Waals surface area contributed by atoms with Gasteiger partial charge in [-0.05, 0) is 41.5 Å². The van der Waals surface area contributed by atoms with Crippen molar-refractivity contribution in [3.8, 4) is 5.75 Å². The van der Waals surface area contributed by atoms with Crippen LogP contribution in [0.3, 0.4) is 0 Å². The number of carboxylic acids is 1. The Morgan fingerprint density at radius 3 is 2.30 bits per heavy atom. The van der Waals surface area contributed by atoms with Gasteiger partial charge in [-0.25, -0.2) is 4.39 Å². The van der Waals surface area contributed by atoms with Crippen LogP contribution in [0.15, 0.2) is 30.3 Å². The second-order valence-electron chi connectivity index (χ2n) is 6.24. The van der Waals surface area contributed by atoms with Crippen LogP contribution in [0.1, 0.15) is 25.0 Å². The second kappa shape index (κ2) is 9.06. The topological polar surface area (TPSA) is 75.6 Å². The molecule has 2 rings (SSSR count). The molecule has 0 atom stereocenters. The van der Waals surface area contributed by atoms with E-state index < -0.39 is 11.8 Å². The zero-order valence-electron chi connectivity index (χ0n) is 14.7. The molecule has 144 valence electrons. The molecule has 2 aromatic carbocycles. The number of nitrogens with one attached hydrogen (secondary N) is 1. The zero-order chi connectivity index (χ0) is 20.1. The second-order valence-corrected chi connectivity index (χ2v) is 7.05. The molecule has 0 aliphatic heterocycles. The molecule has 8 heteroatoms. The van der Waals surface area contributed by atoms with E-state index >= 15 is 0 Å². The van der Waals surface area contributed by atoms with E-state index in [1.165, 1.54) is 24.3 Å². The van der Waals surface area contributed by atoms with Gasteiger partial charge in [0, 0.05) is 11.6 Å². The molecule has 0 spiro atoms. The van der Waals surface area contributed by atoms with Crippen LogP contribution < -0.4 is 10.1 Å². The highest BCUT2D eigenvalue weighted by atomic mass is 35.5. The average Bonchev–Trinajstić information content (AvgIpc) is 2.52. The lowest BCUT2D eigenvalue weighted by Crippen LogP contribution is -2.18. The molecule has 0 saturated heterocycles. The van der Waals surface area contributed by atoms with Gasteiger partial charge >= 0.3 is 5.97 Å². The van der Waals surface area contributed by atoms with Gasteiger partial charge in [-0.3, -0.25) is 9.59 Å². The molecular formula is C19H18Cl2FNO4. The predicted octanol–water partition coefficient (Wildman–Crippen LogP) is 4.93. The van der Waals surface area contributed by atoms with E-state index in [1.807, 2.05) is 0 Å². The van der Waals surface area contributed by atoms with Crippen molar-refractivity contribution in [1.29, 1.82) is 0 Å². The summed E-state index contributed by atoms with van der Waals surface area (Å²) in [5.41, 5.74) is 1.23. The lowest BCUT2D eigenvalue weighted by molar-refractivity contribution is -0.136. The number of anilines is 1. The first kappa shape index (κ1) is 21.0. The minimum absolute atomic E-state index is 0.0416. The maximum absolute atomic E-state index is 13.8. The molecule has 0 saturated carbocycles. The fourth-order valence-electron chi connectivity index (χ4n) is 2.27. The number of hydrogen-bond acceptors (Lipinski definition) is 3. The summed E-state index contributed by atoms with van der Waals surface area (Å²) in [5, 5.41) is 11.8. The number of carbonyl (C=O) groups is 2. The molecular weight excluding hydrogens is 396 g/mol. The Morgan fingerprint density at radius 2 is 1.74 bits per heavy atom. The Morgan fingerprint density at radius 1 is 1.11 bits per heavy atom. The number of benzene rings is 2. The van der Waals surface area contributed by atoms with Crippen LogP contribution in [0.25, 0.3) is 0 Å². The first-order chi connectivity index (χ1) is 12.7. The quantitative estimate of drug-likeness (QED) is 0.674. The fourth-order valence-corrected chi connectivity index (χ4v) is 2.92. The van der Waals surface area contributed by atoms with Crippen LogP contribution in [-0.2, 0) is 22.6 Å². The first-order valence-corrected chi connectivity index (χ1v) is 8.84. The highest BCUT2D eigenvalue weighted by Crippen LogP contribution is 2.35. The molecule has 0 unspecified atom stereocenters. The summed E-state index contributed by atoms with van der Waals surface area (Å²) in [6.45, 7) is 3.42. The summed E-state index contributed by atoms with van der Waals surface area (Å²) in [6.07, 6.45) is -0.220. The highest BCUT2D eigenvalue weighted by molar-refractivity contribution is 6.37. The third-order valence-electron chi connectivity index (χ3n) is 3.55. The van der Waals surface area contributed by atoms with Crippen molar-refractivity contribution < 1.29 is 23.8 Å². The average molecular weight is 414 g/mol. The number of hydrogen-bond donors (Lipinski definition) is 2. The lowest BCUT2D eigenvalue weighted by atomic mass is 10.1. The van der Waals surface area contributed by atoms with Crippen molar-refractivity contribution in [1.82, 2.24) is 0 Å². The summed E-state index contributed by atoms with van der Waals surface area (Å²) < 4.78 is 19.4. The van der Waals surface area contributed by atoms with Gasteiger partial charge in [0.05, 0.1) is 16.5 Å². The van der Waals surface area contributed by atoms with Crippen LogP contribution in [0.2, 0.25) is 10.0 Å². The first-order valence-electron chi connectivity index (χ1n) is 8.08. The van der Waals surface area contributed by atoms with E-state index in [4.69, 9.17) is 33.0 Å². The molecule has 1 amide bonds. The van der Waals surface area contributed by atoms with Crippen molar-refractivity contribution in [2.45, 2.75) is 26.9 Å².